The standard InChI is InChI=1S/C18H21N5O3S/c1-13-10-14(21-18(20-13)23-8-4-5-9-23)11-19-27(24,25)12-16-15-6-2-3-7-17(15)26-22-16/h2-3,6-7,10,19H,4-5,8-9,11-12H2,1H3. The van der Waals surface area contributed by atoms with Crippen LogP contribution in [-0.4, -0.2) is 36.6 Å². The summed E-state index contributed by atoms with van der Waals surface area (Å²) in [6.45, 7) is 3.88. The third-order valence-corrected chi connectivity index (χ3v) is 5.77. The summed E-state index contributed by atoms with van der Waals surface area (Å²) in [4.78, 5) is 11.1. The molecular weight excluding hydrogens is 366 g/mol. The minimum absolute atomic E-state index is 0.113. The first-order valence-corrected chi connectivity index (χ1v) is 10.6. The van der Waals surface area contributed by atoms with E-state index in [1.165, 1.54) is 0 Å². The summed E-state index contributed by atoms with van der Waals surface area (Å²) in [6.07, 6.45) is 2.26. The van der Waals surface area contributed by atoms with Crippen LogP contribution >= 0.6 is 0 Å². The van der Waals surface area contributed by atoms with Gasteiger partial charge in [0.25, 0.3) is 0 Å². The maximum absolute atomic E-state index is 12.5. The van der Waals surface area contributed by atoms with Crippen LogP contribution in [0, 0.1) is 6.92 Å². The van der Waals surface area contributed by atoms with Gasteiger partial charge in [-0.25, -0.2) is 23.1 Å². The molecule has 142 valence electrons. The first-order valence-electron chi connectivity index (χ1n) is 8.90. The Kier molecular flexibility index (Phi) is 4.79. The fraction of sp³-hybridized carbons (Fsp3) is 0.389. The van der Waals surface area contributed by atoms with E-state index in [9.17, 15) is 8.42 Å². The fourth-order valence-corrected chi connectivity index (χ4v) is 4.26. The summed E-state index contributed by atoms with van der Waals surface area (Å²) in [5.41, 5.74) is 2.45. The second-order valence-electron chi connectivity index (χ2n) is 6.70. The summed E-state index contributed by atoms with van der Waals surface area (Å²) >= 11 is 0. The minimum atomic E-state index is -3.59. The van der Waals surface area contributed by atoms with Crippen LogP contribution in [0.2, 0.25) is 0 Å². The number of rotatable bonds is 6. The number of sulfonamides is 1. The van der Waals surface area contributed by atoms with Crippen molar-refractivity contribution in [1.82, 2.24) is 19.8 Å². The molecule has 1 aliphatic rings. The number of anilines is 1. The van der Waals surface area contributed by atoms with Crippen molar-refractivity contribution in [2.45, 2.75) is 32.1 Å². The second-order valence-corrected chi connectivity index (χ2v) is 8.51. The van der Waals surface area contributed by atoms with Gasteiger partial charge >= 0.3 is 0 Å². The van der Waals surface area contributed by atoms with Crippen molar-refractivity contribution in [1.29, 1.82) is 0 Å². The highest BCUT2D eigenvalue weighted by Gasteiger charge is 2.19. The Morgan fingerprint density at radius 2 is 1.96 bits per heavy atom. The van der Waals surface area contributed by atoms with Gasteiger partial charge in [-0.2, -0.15) is 0 Å². The number of nitrogens with one attached hydrogen (secondary N) is 1. The minimum Gasteiger partial charge on any atom is -0.356 e. The highest BCUT2D eigenvalue weighted by atomic mass is 32.2. The van der Waals surface area contributed by atoms with Gasteiger partial charge in [-0.3, -0.25) is 0 Å². The lowest BCUT2D eigenvalue weighted by atomic mass is 10.2. The first kappa shape index (κ1) is 17.9. The molecule has 0 aliphatic carbocycles. The predicted molar refractivity (Wildman–Crippen MR) is 102 cm³/mol. The molecule has 0 radical (unpaired) electrons. The summed E-state index contributed by atoms with van der Waals surface area (Å²) in [5, 5.41) is 4.60. The molecule has 0 amide bonds. The van der Waals surface area contributed by atoms with Gasteiger partial charge in [0.05, 0.1) is 12.2 Å². The molecule has 1 N–H and O–H groups in total. The third-order valence-electron chi connectivity index (χ3n) is 4.54. The average Bonchev–Trinajstić information content (AvgIpc) is 3.30. The summed E-state index contributed by atoms with van der Waals surface area (Å²) in [5.74, 6) is 0.428. The molecule has 3 heterocycles. The fourth-order valence-electron chi connectivity index (χ4n) is 3.22. The van der Waals surface area contributed by atoms with Crippen LogP contribution in [-0.2, 0) is 22.3 Å². The molecule has 0 saturated carbocycles. The maximum atomic E-state index is 12.5. The molecule has 1 aromatic carbocycles. The highest BCUT2D eigenvalue weighted by molar-refractivity contribution is 7.88. The molecule has 1 saturated heterocycles. The van der Waals surface area contributed by atoms with E-state index in [1.54, 1.807) is 18.2 Å². The molecule has 4 rings (SSSR count). The zero-order valence-electron chi connectivity index (χ0n) is 15.1. The number of hydrogen-bond acceptors (Lipinski definition) is 7. The number of hydrogen-bond donors (Lipinski definition) is 1. The van der Waals surface area contributed by atoms with Crippen molar-refractivity contribution < 1.29 is 12.9 Å². The quantitative estimate of drug-likeness (QED) is 0.691. The van der Waals surface area contributed by atoms with E-state index < -0.39 is 10.0 Å². The van der Waals surface area contributed by atoms with Gasteiger partial charge in [-0.1, -0.05) is 17.3 Å². The number of nitrogens with zero attached hydrogens (tertiary/aromatic N) is 4. The van der Waals surface area contributed by atoms with Crippen LogP contribution < -0.4 is 9.62 Å². The number of aromatic nitrogens is 3. The molecule has 8 nitrogen and oxygen atoms in total. The van der Waals surface area contributed by atoms with E-state index in [0.29, 0.717) is 28.3 Å². The Labute approximate surface area is 157 Å². The van der Waals surface area contributed by atoms with Gasteiger partial charge in [0.2, 0.25) is 16.0 Å². The Morgan fingerprint density at radius 3 is 2.78 bits per heavy atom. The van der Waals surface area contributed by atoms with E-state index >= 15 is 0 Å². The molecule has 0 bridgehead atoms. The van der Waals surface area contributed by atoms with Crippen molar-refractivity contribution in [3.8, 4) is 0 Å². The molecule has 27 heavy (non-hydrogen) atoms. The van der Waals surface area contributed by atoms with Crippen LogP contribution in [0.4, 0.5) is 5.95 Å². The molecule has 9 heteroatoms. The van der Waals surface area contributed by atoms with Gasteiger partial charge in [0, 0.05) is 24.2 Å². The predicted octanol–water partition coefficient (Wildman–Crippen LogP) is 2.15. The van der Waals surface area contributed by atoms with Crippen molar-refractivity contribution in [3.63, 3.8) is 0 Å². The third kappa shape index (κ3) is 4.09. The Balaban J connectivity index is 1.47. The lowest BCUT2D eigenvalue weighted by molar-refractivity contribution is 0.448. The van der Waals surface area contributed by atoms with Crippen molar-refractivity contribution >= 4 is 26.9 Å². The van der Waals surface area contributed by atoms with E-state index in [2.05, 4.69) is 24.7 Å². The van der Waals surface area contributed by atoms with Gasteiger partial charge in [-0.05, 0) is 38.0 Å². The Hall–Kier alpha value is -2.52. The van der Waals surface area contributed by atoms with Crippen LogP contribution in [0.25, 0.3) is 11.0 Å². The monoisotopic (exact) mass is 387 g/mol. The smallest absolute Gasteiger partial charge is 0.225 e. The van der Waals surface area contributed by atoms with Crippen LogP contribution in [0.3, 0.4) is 0 Å². The second kappa shape index (κ2) is 7.24. The number of benzene rings is 1. The van der Waals surface area contributed by atoms with Gasteiger partial charge in [0.15, 0.2) is 5.58 Å². The molecular formula is C18H21N5O3S. The van der Waals surface area contributed by atoms with Gasteiger partial charge in [-0.15, -0.1) is 0 Å². The van der Waals surface area contributed by atoms with E-state index in [0.717, 1.165) is 31.6 Å². The number of fused-ring (bicyclic) bond motifs is 1. The Bertz CT molecular complexity index is 1060. The summed E-state index contributed by atoms with van der Waals surface area (Å²) < 4.78 is 32.8. The largest absolute Gasteiger partial charge is 0.356 e. The molecule has 0 unspecified atom stereocenters. The van der Waals surface area contributed by atoms with E-state index in [4.69, 9.17) is 4.52 Å². The zero-order valence-corrected chi connectivity index (χ0v) is 15.9. The van der Waals surface area contributed by atoms with Gasteiger partial charge < -0.3 is 9.42 Å². The van der Waals surface area contributed by atoms with E-state index in [-0.39, 0.29) is 12.3 Å². The average molecular weight is 387 g/mol. The summed E-state index contributed by atoms with van der Waals surface area (Å²) in [7, 11) is -3.59. The highest BCUT2D eigenvalue weighted by Crippen LogP contribution is 2.20. The van der Waals surface area contributed by atoms with E-state index in [1.807, 2.05) is 19.1 Å². The zero-order chi connectivity index (χ0) is 18.9. The molecule has 1 fully saturated rings. The number of para-hydroxylation sites is 1. The summed E-state index contributed by atoms with van der Waals surface area (Å²) in [6, 6.07) is 9.00. The normalized spacial score (nSPS) is 14.9. The van der Waals surface area contributed by atoms with Crippen molar-refractivity contribution in [3.05, 3.63) is 47.4 Å². The molecule has 3 aromatic rings. The SMILES string of the molecule is Cc1cc(CNS(=O)(=O)Cc2noc3ccccc23)nc(N2CCCC2)n1. The van der Waals surface area contributed by atoms with Crippen LogP contribution in [0.1, 0.15) is 29.9 Å². The van der Waals surface area contributed by atoms with Crippen molar-refractivity contribution in [2.24, 2.45) is 0 Å². The lowest BCUT2D eigenvalue weighted by Crippen LogP contribution is -2.26. The molecule has 2 aromatic heterocycles. The first-order chi connectivity index (χ1) is 13.0. The lowest BCUT2D eigenvalue weighted by Gasteiger charge is -2.16. The van der Waals surface area contributed by atoms with Crippen LogP contribution in [0.15, 0.2) is 34.9 Å². The molecule has 0 spiro atoms. The molecule has 0 atom stereocenters. The molecule has 1 aliphatic heterocycles. The topological polar surface area (TPSA) is 101 Å². The number of aryl methyl sites for hydroxylation is 1. The Morgan fingerprint density at radius 1 is 1.19 bits per heavy atom. The van der Waals surface area contributed by atoms with Gasteiger partial charge in [0.1, 0.15) is 11.4 Å². The van der Waals surface area contributed by atoms with Crippen molar-refractivity contribution in [2.75, 3.05) is 18.0 Å². The maximum Gasteiger partial charge on any atom is 0.225 e. The van der Waals surface area contributed by atoms with Crippen LogP contribution in [0.5, 0.6) is 0 Å².